The van der Waals surface area contributed by atoms with Gasteiger partial charge >= 0.3 is 0 Å². The second-order valence-corrected chi connectivity index (χ2v) is 2.45. The first-order valence-electron chi connectivity index (χ1n) is 3.27. The van der Waals surface area contributed by atoms with Gasteiger partial charge in [-0.15, -0.1) is 0 Å². The van der Waals surface area contributed by atoms with E-state index in [9.17, 15) is 4.79 Å². The summed E-state index contributed by atoms with van der Waals surface area (Å²) in [6.07, 6.45) is -1.97. The van der Waals surface area contributed by atoms with Crippen LogP contribution < -0.4 is 0 Å². The van der Waals surface area contributed by atoms with E-state index in [1.54, 1.807) is 0 Å². The second-order valence-electron chi connectivity index (χ2n) is 2.45. The molecule has 0 bridgehead atoms. The molecule has 13 heavy (non-hydrogen) atoms. The summed E-state index contributed by atoms with van der Waals surface area (Å²) in [5.41, 5.74) is -2.28. The van der Waals surface area contributed by atoms with Gasteiger partial charge in [-0.25, -0.2) is 0 Å². The van der Waals surface area contributed by atoms with Crippen molar-refractivity contribution >= 4 is 5.78 Å². The van der Waals surface area contributed by atoms with E-state index in [1.165, 1.54) is 0 Å². The number of carbonyl (C=O) groups is 1. The van der Waals surface area contributed by atoms with Crippen LogP contribution in [0.2, 0.25) is 0 Å². The molecule has 6 nitrogen and oxygen atoms in total. The SMILES string of the molecule is C.O=C(CO)C(O)C(O)(CO)CO. The highest BCUT2D eigenvalue weighted by Crippen LogP contribution is 2.09. The lowest BCUT2D eigenvalue weighted by Gasteiger charge is -2.27. The topological polar surface area (TPSA) is 118 Å². The lowest BCUT2D eigenvalue weighted by Crippen LogP contribution is -2.53. The van der Waals surface area contributed by atoms with Gasteiger partial charge in [-0.3, -0.25) is 4.79 Å². The Bertz CT molecular complexity index is 153. The molecule has 0 radical (unpaired) electrons. The van der Waals surface area contributed by atoms with Crippen molar-refractivity contribution in [2.75, 3.05) is 19.8 Å². The third-order valence-corrected chi connectivity index (χ3v) is 1.52. The van der Waals surface area contributed by atoms with E-state index >= 15 is 0 Å². The Morgan fingerprint density at radius 2 is 1.62 bits per heavy atom. The Labute approximate surface area is 76.1 Å². The van der Waals surface area contributed by atoms with Crippen molar-refractivity contribution in [1.29, 1.82) is 0 Å². The van der Waals surface area contributed by atoms with Gasteiger partial charge in [0.1, 0.15) is 18.3 Å². The van der Waals surface area contributed by atoms with E-state index < -0.39 is 37.3 Å². The molecule has 0 aliphatic rings. The molecule has 0 aromatic rings. The van der Waals surface area contributed by atoms with Crippen molar-refractivity contribution in [3.8, 4) is 0 Å². The van der Waals surface area contributed by atoms with Gasteiger partial charge in [0.15, 0.2) is 5.78 Å². The summed E-state index contributed by atoms with van der Waals surface area (Å²) >= 11 is 0. The van der Waals surface area contributed by atoms with Crippen LogP contribution in [-0.2, 0) is 4.79 Å². The van der Waals surface area contributed by atoms with Crippen LogP contribution in [0.25, 0.3) is 0 Å². The molecule has 0 rings (SSSR count). The number of hydrogen-bond acceptors (Lipinski definition) is 6. The van der Waals surface area contributed by atoms with Crippen molar-refractivity contribution < 1.29 is 30.3 Å². The minimum absolute atomic E-state index is 0. The number of rotatable bonds is 5. The smallest absolute Gasteiger partial charge is 0.189 e. The van der Waals surface area contributed by atoms with Crippen molar-refractivity contribution in [2.45, 2.75) is 19.1 Å². The van der Waals surface area contributed by atoms with E-state index in [2.05, 4.69) is 0 Å². The van der Waals surface area contributed by atoms with Gasteiger partial charge in [0.2, 0.25) is 0 Å². The zero-order chi connectivity index (χ0) is 9.78. The molecular weight excluding hydrogens is 180 g/mol. The normalized spacial score (nSPS) is 13.3. The molecule has 0 saturated heterocycles. The molecule has 0 heterocycles. The van der Waals surface area contributed by atoms with E-state index in [0.717, 1.165) is 0 Å². The fourth-order valence-electron chi connectivity index (χ4n) is 0.609. The van der Waals surface area contributed by atoms with Gasteiger partial charge in [-0.05, 0) is 0 Å². The number of hydrogen-bond donors (Lipinski definition) is 5. The molecule has 1 atom stereocenters. The predicted octanol–water partition coefficient (Wildman–Crippen LogP) is -2.74. The van der Waals surface area contributed by atoms with Crippen molar-refractivity contribution in [3.05, 3.63) is 0 Å². The van der Waals surface area contributed by atoms with Gasteiger partial charge in [0.05, 0.1) is 13.2 Å². The first-order chi connectivity index (χ1) is 5.51. The maximum Gasteiger partial charge on any atom is 0.189 e. The molecule has 80 valence electrons. The van der Waals surface area contributed by atoms with Gasteiger partial charge in [-0.2, -0.15) is 0 Å². The summed E-state index contributed by atoms with van der Waals surface area (Å²) in [7, 11) is 0. The summed E-state index contributed by atoms with van der Waals surface area (Å²) in [5.74, 6) is -1.06. The highest BCUT2D eigenvalue weighted by Gasteiger charge is 2.38. The van der Waals surface area contributed by atoms with Crippen LogP contribution >= 0.6 is 0 Å². The predicted molar refractivity (Wildman–Crippen MR) is 44.0 cm³/mol. The summed E-state index contributed by atoms with van der Waals surface area (Å²) in [5, 5.41) is 43.3. The first-order valence-corrected chi connectivity index (χ1v) is 3.27. The average molecular weight is 196 g/mol. The molecule has 0 aliphatic carbocycles. The Hall–Kier alpha value is -0.530. The number of carbonyl (C=O) groups excluding carboxylic acids is 1. The highest BCUT2D eigenvalue weighted by atomic mass is 16.4. The standard InChI is InChI=1S/C6H12O6.CH4/c7-1-4(10)5(11)6(12,2-8)3-9;/h5,7-9,11-12H,1-3H2;1H4. The number of aliphatic hydroxyl groups excluding tert-OH is 4. The maximum atomic E-state index is 10.6. The monoisotopic (exact) mass is 196 g/mol. The van der Waals surface area contributed by atoms with Crippen LogP contribution in [-0.4, -0.2) is 62.8 Å². The molecule has 1 unspecified atom stereocenters. The van der Waals surface area contributed by atoms with Crippen LogP contribution in [0, 0.1) is 0 Å². The maximum absolute atomic E-state index is 10.6. The first kappa shape index (κ1) is 15.0. The van der Waals surface area contributed by atoms with Crippen LogP contribution in [0.5, 0.6) is 0 Å². The van der Waals surface area contributed by atoms with Gasteiger partial charge in [0, 0.05) is 0 Å². The third-order valence-electron chi connectivity index (χ3n) is 1.52. The molecule has 6 heteroatoms. The molecule has 5 N–H and O–H groups in total. The number of Topliss-reactive ketones (excluding diaryl/α,β-unsaturated/α-hetero) is 1. The quantitative estimate of drug-likeness (QED) is 0.325. The van der Waals surface area contributed by atoms with E-state index in [0.29, 0.717) is 0 Å². The highest BCUT2D eigenvalue weighted by molar-refractivity contribution is 5.85. The Morgan fingerprint density at radius 1 is 1.23 bits per heavy atom. The van der Waals surface area contributed by atoms with E-state index in [4.69, 9.17) is 25.5 Å². The minimum atomic E-state index is -2.28. The summed E-state index contributed by atoms with van der Waals surface area (Å²) in [6, 6.07) is 0. The second kappa shape index (κ2) is 6.01. The molecule has 0 saturated carbocycles. The van der Waals surface area contributed by atoms with E-state index in [1.807, 2.05) is 0 Å². The van der Waals surface area contributed by atoms with Crippen LogP contribution in [0.3, 0.4) is 0 Å². The lowest BCUT2D eigenvalue weighted by molar-refractivity contribution is -0.160. The number of ketones is 1. The fourth-order valence-corrected chi connectivity index (χ4v) is 0.609. The average Bonchev–Trinajstić information content (AvgIpc) is 2.14. The summed E-state index contributed by atoms with van der Waals surface area (Å²) in [4.78, 5) is 10.6. The van der Waals surface area contributed by atoms with Crippen molar-refractivity contribution in [3.63, 3.8) is 0 Å². The Morgan fingerprint density at radius 3 is 1.85 bits per heavy atom. The Kier molecular flexibility index (Phi) is 6.91. The third kappa shape index (κ3) is 3.37. The van der Waals surface area contributed by atoms with Gasteiger partial charge < -0.3 is 25.5 Å². The molecule has 0 spiro atoms. The Balaban J connectivity index is 0. The molecular formula is C7H16O6. The molecule has 0 fully saturated rings. The minimum Gasteiger partial charge on any atom is -0.393 e. The summed E-state index contributed by atoms with van der Waals surface area (Å²) in [6.45, 7) is -2.88. The molecule has 0 aliphatic heterocycles. The van der Waals surface area contributed by atoms with Crippen LogP contribution in [0.1, 0.15) is 7.43 Å². The zero-order valence-electron chi connectivity index (χ0n) is 6.34. The number of aliphatic hydroxyl groups is 5. The largest absolute Gasteiger partial charge is 0.393 e. The molecule has 0 amide bonds. The molecule has 0 aromatic heterocycles. The molecule has 0 aromatic carbocycles. The van der Waals surface area contributed by atoms with Crippen LogP contribution in [0.4, 0.5) is 0 Å². The fraction of sp³-hybridized carbons (Fsp3) is 0.857. The van der Waals surface area contributed by atoms with Crippen molar-refractivity contribution in [2.24, 2.45) is 0 Å². The van der Waals surface area contributed by atoms with Crippen LogP contribution in [0.15, 0.2) is 0 Å². The van der Waals surface area contributed by atoms with Crippen molar-refractivity contribution in [1.82, 2.24) is 0 Å². The summed E-state index contributed by atoms with van der Waals surface area (Å²) < 4.78 is 0. The van der Waals surface area contributed by atoms with E-state index in [-0.39, 0.29) is 7.43 Å². The van der Waals surface area contributed by atoms with Gasteiger partial charge in [-0.1, -0.05) is 7.43 Å². The van der Waals surface area contributed by atoms with Gasteiger partial charge in [0.25, 0.3) is 0 Å². The zero-order valence-corrected chi connectivity index (χ0v) is 6.34. The lowest BCUT2D eigenvalue weighted by atomic mass is 9.96.